The number of carbonyl (C=O) groups excluding carboxylic acids is 3. The van der Waals surface area contributed by atoms with Gasteiger partial charge in [0.15, 0.2) is 0 Å². The number of halogens is 1. The number of rotatable bonds is 4. The lowest BCUT2D eigenvalue weighted by atomic mass is 9.95. The van der Waals surface area contributed by atoms with Crippen molar-refractivity contribution in [2.24, 2.45) is 5.41 Å². The monoisotopic (exact) mass is 447 g/mol. The molecule has 2 aromatic carbocycles. The molecule has 1 saturated heterocycles. The summed E-state index contributed by atoms with van der Waals surface area (Å²) in [7, 11) is 0. The highest BCUT2D eigenvalue weighted by atomic mass is 35.5. The third kappa shape index (κ3) is 3.03. The van der Waals surface area contributed by atoms with Crippen molar-refractivity contribution < 1.29 is 14.4 Å². The van der Waals surface area contributed by atoms with Crippen molar-refractivity contribution in [2.45, 2.75) is 50.7 Å². The number of hydrogen-bond acceptors (Lipinski definition) is 4. The summed E-state index contributed by atoms with van der Waals surface area (Å²) in [5.41, 5.74) is 0.982. The maximum absolute atomic E-state index is 13.9. The summed E-state index contributed by atoms with van der Waals surface area (Å²) in [6.45, 7) is 1.60. The fourth-order valence-corrected chi connectivity index (χ4v) is 5.44. The standard InChI is InChI=1S/C25H22ClN3O3/c1-15(28-23(31)18-7-2-3-8-19(18)24(28)32)22(30)29-20(16-5-4-6-17(26)13-16)9-10-21(29)25(14-27)11-12-25/h2-8,13,15,20-21H,9-12H2,1H3/t15?,20-,21+/m0/s1. The molecule has 0 spiro atoms. The third-order valence-electron chi connectivity index (χ3n) is 7.09. The summed E-state index contributed by atoms with van der Waals surface area (Å²) >= 11 is 6.22. The Kier molecular flexibility index (Phi) is 4.83. The van der Waals surface area contributed by atoms with Crippen molar-refractivity contribution in [3.8, 4) is 6.07 Å². The van der Waals surface area contributed by atoms with Gasteiger partial charge in [-0.15, -0.1) is 0 Å². The van der Waals surface area contributed by atoms with Crippen LogP contribution in [0.3, 0.4) is 0 Å². The second-order valence-corrected chi connectivity index (χ2v) is 9.32. The minimum absolute atomic E-state index is 0.249. The number of nitriles is 1. The topological polar surface area (TPSA) is 81.5 Å². The van der Waals surface area contributed by atoms with E-state index in [1.165, 1.54) is 0 Å². The lowest BCUT2D eigenvalue weighted by molar-refractivity contribution is -0.139. The molecule has 1 unspecified atom stereocenters. The summed E-state index contributed by atoms with van der Waals surface area (Å²) in [5, 5.41) is 10.4. The van der Waals surface area contributed by atoms with Crippen LogP contribution in [0, 0.1) is 16.7 Å². The second kappa shape index (κ2) is 7.46. The number of benzene rings is 2. The minimum atomic E-state index is -0.973. The molecule has 1 saturated carbocycles. The van der Waals surface area contributed by atoms with Crippen molar-refractivity contribution >= 4 is 29.3 Å². The van der Waals surface area contributed by atoms with Crippen molar-refractivity contribution in [1.82, 2.24) is 9.80 Å². The number of likely N-dealkylation sites (tertiary alicyclic amines) is 1. The van der Waals surface area contributed by atoms with Gasteiger partial charge < -0.3 is 4.90 Å². The Morgan fingerprint density at radius 3 is 2.31 bits per heavy atom. The Bertz CT molecular complexity index is 1150. The molecule has 3 aliphatic rings. The van der Waals surface area contributed by atoms with E-state index in [1.807, 2.05) is 18.2 Å². The molecule has 0 radical (unpaired) electrons. The fourth-order valence-electron chi connectivity index (χ4n) is 5.24. The summed E-state index contributed by atoms with van der Waals surface area (Å²) in [6.07, 6.45) is 2.91. The Balaban J connectivity index is 1.51. The molecule has 0 N–H and O–H groups in total. The molecular weight excluding hydrogens is 426 g/mol. The van der Waals surface area contributed by atoms with Gasteiger partial charge in [-0.2, -0.15) is 5.26 Å². The molecule has 3 amide bonds. The Morgan fingerprint density at radius 2 is 1.75 bits per heavy atom. The number of nitrogens with zero attached hydrogens (tertiary/aromatic N) is 3. The van der Waals surface area contributed by atoms with Crippen LogP contribution in [0.5, 0.6) is 0 Å². The van der Waals surface area contributed by atoms with Gasteiger partial charge in [0.25, 0.3) is 11.8 Å². The summed E-state index contributed by atoms with van der Waals surface area (Å²) < 4.78 is 0. The van der Waals surface area contributed by atoms with Crippen LogP contribution in [0.4, 0.5) is 0 Å². The number of imide groups is 1. The summed E-state index contributed by atoms with van der Waals surface area (Å²) in [4.78, 5) is 42.7. The molecule has 2 fully saturated rings. The third-order valence-corrected chi connectivity index (χ3v) is 7.33. The van der Waals surface area contributed by atoms with Crippen molar-refractivity contribution in [1.29, 1.82) is 5.26 Å². The van der Waals surface area contributed by atoms with Crippen LogP contribution in [-0.4, -0.2) is 39.6 Å². The molecular formula is C25H22ClN3O3. The highest BCUT2D eigenvalue weighted by Crippen LogP contribution is 2.56. The molecule has 5 rings (SSSR count). The van der Waals surface area contributed by atoms with Gasteiger partial charge in [-0.3, -0.25) is 19.3 Å². The molecule has 2 heterocycles. The van der Waals surface area contributed by atoms with E-state index in [1.54, 1.807) is 42.2 Å². The zero-order valence-corrected chi connectivity index (χ0v) is 18.4. The summed E-state index contributed by atoms with van der Waals surface area (Å²) in [5.74, 6) is -1.22. The smallest absolute Gasteiger partial charge is 0.262 e. The second-order valence-electron chi connectivity index (χ2n) is 8.88. The predicted molar refractivity (Wildman–Crippen MR) is 118 cm³/mol. The van der Waals surface area contributed by atoms with Gasteiger partial charge in [-0.05, 0) is 62.4 Å². The molecule has 32 heavy (non-hydrogen) atoms. The van der Waals surface area contributed by atoms with Gasteiger partial charge >= 0.3 is 0 Å². The predicted octanol–water partition coefficient (Wildman–Crippen LogP) is 4.36. The number of hydrogen-bond donors (Lipinski definition) is 0. The van der Waals surface area contributed by atoms with E-state index < -0.39 is 23.3 Å². The van der Waals surface area contributed by atoms with Crippen molar-refractivity contribution in [2.75, 3.05) is 0 Å². The highest BCUT2D eigenvalue weighted by molar-refractivity contribution is 6.30. The van der Waals surface area contributed by atoms with Gasteiger partial charge in [-0.25, -0.2) is 0 Å². The normalized spacial score (nSPS) is 24.3. The minimum Gasteiger partial charge on any atom is -0.329 e. The molecule has 162 valence electrons. The van der Waals surface area contributed by atoms with Gasteiger partial charge in [-0.1, -0.05) is 35.9 Å². The quantitative estimate of drug-likeness (QED) is 0.652. The summed E-state index contributed by atoms with van der Waals surface area (Å²) in [6, 6.07) is 15.0. The van der Waals surface area contributed by atoms with E-state index in [9.17, 15) is 19.6 Å². The molecule has 3 atom stereocenters. The van der Waals surface area contributed by atoms with E-state index in [0.717, 1.165) is 23.3 Å². The zero-order chi connectivity index (χ0) is 22.6. The first kappa shape index (κ1) is 20.7. The van der Waals surface area contributed by atoms with Crippen LogP contribution in [0.2, 0.25) is 5.02 Å². The Labute approximate surface area is 191 Å². The number of amides is 3. The lowest BCUT2D eigenvalue weighted by Gasteiger charge is -2.36. The van der Waals surface area contributed by atoms with E-state index in [4.69, 9.17) is 11.6 Å². The van der Waals surface area contributed by atoms with Crippen LogP contribution in [-0.2, 0) is 4.79 Å². The van der Waals surface area contributed by atoms with Crippen LogP contribution in [0.25, 0.3) is 0 Å². The largest absolute Gasteiger partial charge is 0.329 e. The van der Waals surface area contributed by atoms with Crippen molar-refractivity contribution in [3.63, 3.8) is 0 Å². The first-order chi connectivity index (χ1) is 15.4. The van der Waals surface area contributed by atoms with E-state index >= 15 is 0 Å². The first-order valence-electron chi connectivity index (χ1n) is 10.8. The zero-order valence-electron chi connectivity index (χ0n) is 17.6. The lowest BCUT2D eigenvalue weighted by Crippen LogP contribution is -2.52. The van der Waals surface area contributed by atoms with Crippen molar-refractivity contribution in [3.05, 3.63) is 70.2 Å². The molecule has 2 aliphatic heterocycles. The molecule has 0 aromatic heterocycles. The average Bonchev–Trinajstić information content (AvgIpc) is 3.40. The molecule has 7 heteroatoms. The van der Waals surface area contributed by atoms with Gasteiger partial charge in [0, 0.05) is 5.02 Å². The fraction of sp³-hybridized carbons (Fsp3) is 0.360. The molecule has 0 bridgehead atoms. The van der Waals surface area contributed by atoms with E-state index in [2.05, 4.69) is 6.07 Å². The highest BCUT2D eigenvalue weighted by Gasteiger charge is 2.58. The van der Waals surface area contributed by atoms with Gasteiger partial charge in [0.2, 0.25) is 5.91 Å². The first-order valence-corrected chi connectivity index (χ1v) is 11.2. The van der Waals surface area contributed by atoms with Crippen LogP contribution < -0.4 is 0 Å². The van der Waals surface area contributed by atoms with E-state index in [0.29, 0.717) is 29.0 Å². The average molecular weight is 448 g/mol. The van der Waals surface area contributed by atoms with Crippen LogP contribution >= 0.6 is 11.6 Å². The van der Waals surface area contributed by atoms with Crippen LogP contribution in [0.15, 0.2) is 48.5 Å². The Morgan fingerprint density at radius 1 is 1.09 bits per heavy atom. The molecule has 6 nitrogen and oxygen atoms in total. The maximum Gasteiger partial charge on any atom is 0.262 e. The van der Waals surface area contributed by atoms with E-state index in [-0.39, 0.29) is 18.0 Å². The number of carbonyl (C=O) groups is 3. The Hall–Kier alpha value is -3.17. The number of fused-ring (bicyclic) bond motifs is 1. The van der Waals surface area contributed by atoms with Crippen LogP contribution in [0.1, 0.15) is 64.9 Å². The van der Waals surface area contributed by atoms with Gasteiger partial charge in [0.05, 0.1) is 34.7 Å². The SMILES string of the molecule is CC(C(=O)N1[C@H](c2cccc(Cl)c2)CC[C@@H]1C1(C#N)CC1)N1C(=O)c2ccccc2C1=O. The molecule has 2 aromatic rings. The molecule has 1 aliphatic carbocycles. The maximum atomic E-state index is 13.9. The van der Waals surface area contributed by atoms with Gasteiger partial charge in [0.1, 0.15) is 6.04 Å².